The van der Waals surface area contributed by atoms with E-state index in [9.17, 15) is 0 Å². The molecule has 0 radical (unpaired) electrons. The van der Waals surface area contributed by atoms with Crippen molar-refractivity contribution in [2.24, 2.45) is 5.84 Å². The number of nitrogens with two attached hydrogens (primary N) is 1. The predicted octanol–water partition coefficient (Wildman–Crippen LogP) is 2.05. The topological polar surface area (TPSA) is 47.3 Å². The zero-order chi connectivity index (χ0) is 12.7. The molecule has 0 saturated carbocycles. The molecule has 0 amide bonds. The lowest BCUT2D eigenvalue weighted by molar-refractivity contribution is 0.0613. The lowest BCUT2D eigenvalue weighted by atomic mass is 10.0. The zero-order valence-electron chi connectivity index (χ0n) is 11.1. The fourth-order valence-corrected chi connectivity index (χ4v) is 1.67. The molecular formula is C14H24N2O. The smallest absolute Gasteiger partial charge is 0.0639 e. The van der Waals surface area contributed by atoms with E-state index in [1.807, 2.05) is 13.8 Å². The van der Waals surface area contributed by atoms with Crippen LogP contribution in [0.25, 0.3) is 0 Å². The Hall–Kier alpha value is -0.900. The van der Waals surface area contributed by atoms with Crippen molar-refractivity contribution >= 4 is 0 Å². The van der Waals surface area contributed by atoms with Crippen LogP contribution in [0.5, 0.6) is 0 Å². The number of ether oxygens (including phenoxy) is 1. The van der Waals surface area contributed by atoms with E-state index in [2.05, 4.69) is 36.6 Å². The molecule has 0 spiro atoms. The van der Waals surface area contributed by atoms with E-state index in [-0.39, 0.29) is 12.1 Å². The lowest BCUT2D eigenvalue weighted by Gasteiger charge is -2.18. The summed E-state index contributed by atoms with van der Waals surface area (Å²) in [4.78, 5) is 0. The monoisotopic (exact) mass is 236 g/mol. The molecule has 1 aromatic carbocycles. The molecule has 0 heterocycles. The third-order valence-electron chi connectivity index (χ3n) is 2.78. The Morgan fingerprint density at radius 2 is 1.76 bits per heavy atom. The molecule has 0 saturated heterocycles. The average molecular weight is 236 g/mol. The molecule has 0 bridgehead atoms. The van der Waals surface area contributed by atoms with Gasteiger partial charge >= 0.3 is 0 Å². The van der Waals surface area contributed by atoms with Crippen molar-refractivity contribution in [2.45, 2.75) is 45.8 Å². The van der Waals surface area contributed by atoms with Crippen molar-refractivity contribution < 1.29 is 4.74 Å². The van der Waals surface area contributed by atoms with Gasteiger partial charge in [0.2, 0.25) is 0 Å². The number of hydrogen-bond acceptors (Lipinski definition) is 3. The second-order valence-electron chi connectivity index (χ2n) is 4.62. The van der Waals surface area contributed by atoms with Gasteiger partial charge in [-0.3, -0.25) is 11.3 Å². The van der Waals surface area contributed by atoms with Gasteiger partial charge in [0.1, 0.15) is 0 Å². The minimum Gasteiger partial charge on any atom is -0.377 e. The minimum atomic E-state index is 0.171. The maximum absolute atomic E-state index is 5.57. The summed E-state index contributed by atoms with van der Waals surface area (Å²) < 4.78 is 5.57. The van der Waals surface area contributed by atoms with Crippen molar-refractivity contribution in [3.8, 4) is 0 Å². The Kier molecular flexibility index (Phi) is 6.19. The molecule has 1 atom stereocenters. The van der Waals surface area contributed by atoms with Gasteiger partial charge in [-0.1, -0.05) is 31.2 Å². The van der Waals surface area contributed by atoms with Crippen molar-refractivity contribution in [1.29, 1.82) is 0 Å². The fraction of sp³-hybridized carbons (Fsp3) is 0.571. The maximum atomic E-state index is 5.57. The standard InChI is InChI=1S/C14H24N2O/c1-4-12-5-7-13(8-6-12)9-14(16-15)10-17-11(2)3/h5-8,11,14,16H,4,9-10,15H2,1-3H3. The molecule has 1 aromatic rings. The molecule has 3 nitrogen and oxygen atoms in total. The lowest BCUT2D eigenvalue weighted by Crippen LogP contribution is -2.40. The van der Waals surface area contributed by atoms with Crippen LogP contribution in [0, 0.1) is 0 Å². The van der Waals surface area contributed by atoms with Crippen molar-refractivity contribution in [2.75, 3.05) is 6.61 Å². The summed E-state index contributed by atoms with van der Waals surface area (Å²) in [5.74, 6) is 5.53. The van der Waals surface area contributed by atoms with Gasteiger partial charge in [-0.25, -0.2) is 0 Å². The summed E-state index contributed by atoms with van der Waals surface area (Å²) in [6, 6.07) is 8.85. The van der Waals surface area contributed by atoms with E-state index in [4.69, 9.17) is 10.6 Å². The van der Waals surface area contributed by atoms with Crippen LogP contribution in [0.15, 0.2) is 24.3 Å². The number of hydrazine groups is 1. The molecular weight excluding hydrogens is 212 g/mol. The van der Waals surface area contributed by atoms with Crippen LogP contribution < -0.4 is 11.3 Å². The Balaban J connectivity index is 2.48. The third-order valence-corrected chi connectivity index (χ3v) is 2.78. The Morgan fingerprint density at radius 3 is 2.24 bits per heavy atom. The Morgan fingerprint density at radius 1 is 1.18 bits per heavy atom. The SMILES string of the molecule is CCc1ccc(CC(COC(C)C)NN)cc1. The highest BCUT2D eigenvalue weighted by Crippen LogP contribution is 2.08. The number of hydrogen-bond donors (Lipinski definition) is 2. The van der Waals surface area contributed by atoms with Crippen LogP contribution >= 0.6 is 0 Å². The highest BCUT2D eigenvalue weighted by atomic mass is 16.5. The summed E-state index contributed by atoms with van der Waals surface area (Å²) in [6.45, 7) is 6.87. The maximum Gasteiger partial charge on any atom is 0.0639 e. The minimum absolute atomic E-state index is 0.171. The molecule has 96 valence electrons. The molecule has 3 heteroatoms. The first-order chi connectivity index (χ1) is 8.15. The summed E-state index contributed by atoms with van der Waals surface area (Å²) in [7, 11) is 0. The fourth-order valence-electron chi connectivity index (χ4n) is 1.67. The van der Waals surface area contributed by atoms with Gasteiger partial charge in [0.15, 0.2) is 0 Å². The Bertz CT molecular complexity index is 309. The van der Waals surface area contributed by atoms with Gasteiger partial charge in [-0.15, -0.1) is 0 Å². The van der Waals surface area contributed by atoms with Gasteiger partial charge < -0.3 is 4.74 Å². The second-order valence-corrected chi connectivity index (χ2v) is 4.62. The number of nitrogens with one attached hydrogen (secondary N) is 1. The number of aryl methyl sites for hydroxylation is 1. The highest BCUT2D eigenvalue weighted by molar-refractivity contribution is 5.23. The van der Waals surface area contributed by atoms with Gasteiger partial charge in [0.05, 0.1) is 12.7 Å². The first-order valence-corrected chi connectivity index (χ1v) is 6.31. The van der Waals surface area contributed by atoms with Crippen molar-refractivity contribution in [3.63, 3.8) is 0 Å². The number of benzene rings is 1. The summed E-state index contributed by atoms with van der Waals surface area (Å²) >= 11 is 0. The van der Waals surface area contributed by atoms with E-state index in [1.165, 1.54) is 11.1 Å². The van der Waals surface area contributed by atoms with E-state index < -0.39 is 0 Å². The molecule has 0 aliphatic rings. The summed E-state index contributed by atoms with van der Waals surface area (Å²) in [5, 5.41) is 0. The van der Waals surface area contributed by atoms with Crippen LogP contribution in [-0.4, -0.2) is 18.8 Å². The van der Waals surface area contributed by atoms with Gasteiger partial charge in [0, 0.05) is 6.04 Å². The Labute approximate surface area is 104 Å². The highest BCUT2D eigenvalue weighted by Gasteiger charge is 2.08. The summed E-state index contributed by atoms with van der Waals surface area (Å²) in [5.41, 5.74) is 5.46. The molecule has 1 unspecified atom stereocenters. The van der Waals surface area contributed by atoms with Crippen molar-refractivity contribution in [1.82, 2.24) is 5.43 Å². The third kappa shape index (κ3) is 5.31. The van der Waals surface area contributed by atoms with Crippen LogP contribution in [0.4, 0.5) is 0 Å². The van der Waals surface area contributed by atoms with Crippen molar-refractivity contribution in [3.05, 3.63) is 35.4 Å². The number of rotatable bonds is 7. The van der Waals surface area contributed by atoms with Crippen LogP contribution in [0.1, 0.15) is 31.9 Å². The molecule has 0 aliphatic carbocycles. The average Bonchev–Trinajstić information content (AvgIpc) is 2.35. The van der Waals surface area contributed by atoms with E-state index in [0.717, 1.165) is 12.8 Å². The van der Waals surface area contributed by atoms with Gasteiger partial charge in [-0.05, 0) is 37.8 Å². The zero-order valence-corrected chi connectivity index (χ0v) is 11.1. The van der Waals surface area contributed by atoms with Gasteiger partial charge in [-0.2, -0.15) is 0 Å². The van der Waals surface area contributed by atoms with Crippen LogP contribution in [0.2, 0.25) is 0 Å². The molecule has 0 aliphatic heterocycles. The summed E-state index contributed by atoms with van der Waals surface area (Å²) in [6.07, 6.45) is 2.22. The van der Waals surface area contributed by atoms with E-state index >= 15 is 0 Å². The molecule has 0 fully saturated rings. The first kappa shape index (κ1) is 14.2. The van der Waals surface area contributed by atoms with E-state index in [0.29, 0.717) is 6.61 Å². The van der Waals surface area contributed by atoms with Crippen LogP contribution in [-0.2, 0) is 17.6 Å². The molecule has 0 aromatic heterocycles. The quantitative estimate of drug-likeness (QED) is 0.562. The molecule has 1 rings (SSSR count). The predicted molar refractivity (Wildman–Crippen MR) is 71.7 cm³/mol. The van der Waals surface area contributed by atoms with E-state index in [1.54, 1.807) is 0 Å². The molecule has 3 N–H and O–H groups in total. The van der Waals surface area contributed by atoms with Gasteiger partial charge in [0.25, 0.3) is 0 Å². The largest absolute Gasteiger partial charge is 0.377 e. The molecule has 17 heavy (non-hydrogen) atoms. The normalized spacial score (nSPS) is 13.0. The first-order valence-electron chi connectivity index (χ1n) is 6.31. The van der Waals surface area contributed by atoms with Crippen LogP contribution in [0.3, 0.4) is 0 Å². The second kappa shape index (κ2) is 7.43.